The first kappa shape index (κ1) is 25.3. The first-order valence-corrected chi connectivity index (χ1v) is 13.6. The van der Waals surface area contributed by atoms with Crippen molar-refractivity contribution in [2.45, 2.75) is 32.1 Å². The standard InChI is InChI=1S/C31H32Cl2FNO/c1-36-30-8-3-7-28-26(30)5-2-6-27(25-14-13-24(32)18-29(25)33)31(28)23-11-9-21(10-12-23)17-22-19-35(20-22)16-4-15-34/h3,7-14,18,22H,2,4-6,15-17,19-20H2,1H3. The van der Waals surface area contributed by atoms with E-state index in [2.05, 4.69) is 47.4 Å². The number of halogens is 3. The fourth-order valence-corrected chi connectivity index (χ4v) is 6.25. The maximum Gasteiger partial charge on any atom is 0.122 e. The number of ether oxygens (including phenoxy) is 1. The number of fused-ring (bicyclic) bond motifs is 1. The molecule has 0 spiro atoms. The summed E-state index contributed by atoms with van der Waals surface area (Å²) < 4.78 is 18.2. The second-order valence-corrected chi connectivity index (χ2v) is 10.7. The van der Waals surface area contributed by atoms with E-state index in [4.69, 9.17) is 27.9 Å². The molecule has 0 amide bonds. The van der Waals surface area contributed by atoms with Crippen LogP contribution >= 0.6 is 23.2 Å². The average Bonchev–Trinajstić information content (AvgIpc) is 3.05. The largest absolute Gasteiger partial charge is 0.496 e. The van der Waals surface area contributed by atoms with Gasteiger partial charge in [-0.15, -0.1) is 0 Å². The summed E-state index contributed by atoms with van der Waals surface area (Å²) in [5, 5.41) is 1.32. The van der Waals surface area contributed by atoms with Gasteiger partial charge in [0.25, 0.3) is 0 Å². The molecule has 5 rings (SSSR count). The molecule has 2 aliphatic rings. The highest BCUT2D eigenvalue weighted by Gasteiger charge is 2.27. The number of nitrogens with zero attached hydrogens (tertiary/aromatic N) is 1. The average molecular weight is 525 g/mol. The van der Waals surface area contributed by atoms with Crippen LogP contribution in [0.3, 0.4) is 0 Å². The zero-order valence-corrected chi connectivity index (χ0v) is 22.2. The molecule has 3 aromatic carbocycles. The number of hydrogen-bond acceptors (Lipinski definition) is 2. The van der Waals surface area contributed by atoms with Crippen LogP contribution in [0.1, 0.15) is 47.1 Å². The van der Waals surface area contributed by atoms with Crippen LogP contribution in [-0.4, -0.2) is 38.3 Å². The van der Waals surface area contributed by atoms with E-state index in [0.717, 1.165) is 56.6 Å². The molecule has 1 fully saturated rings. The van der Waals surface area contributed by atoms with Crippen molar-refractivity contribution in [1.29, 1.82) is 0 Å². The predicted molar refractivity (Wildman–Crippen MR) is 149 cm³/mol. The third-order valence-electron chi connectivity index (χ3n) is 7.44. The van der Waals surface area contributed by atoms with Gasteiger partial charge in [-0.25, -0.2) is 0 Å². The highest BCUT2D eigenvalue weighted by molar-refractivity contribution is 6.36. The monoisotopic (exact) mass is 523 g/mol. The van der Waals surface area contributed by atoms with Gasteiger partial charge in [-0.3, -0.25) is 4.39 Å². The van der Waals surface area contributed by atoms with Crippen LogP contribution in [-0.2, 0) is 12.8 Å². The summed E-state index contributed by atoms with van der Waals surface area (Å²) in [6.45, 7) is 2.79. The second-order valence-electron chi connectivity index (χ2n) is 9.89. The molecular formula is C31H32Cl2FNO. The molecule has 0 atom stereocenters. The molecular weight excluding hydrogens is 492 g/mol. The van der Waals surface area contributed by atoms with Gasteiger partial charge in [0.15, 0.2) is 0 Å². The predicted octanol–water partition coefficient (Wildman–Crippen LogP) is 8.13. The van der Waals surface area contributed by atoms with E-state index in [9.17, 15) is 4.39 Å². The number of likely N-dealkylation sites (tertiary alicyclic amines) is 1. The van der Waals surface area contributed by atoms with Crippen molar-refractivity contribution in [3.63, 3.8) is 0 Å². The maximum absolute atomic E-state index is 12.4. The quantitative estimate of drug-likeness (QED) is 0.295. The second kappa shape index (κ2) is 11.4. The lowest BCUT2D eigenvalue weighted by molar-refractivity contribution is 0.0968. The SMILES string of the molecule is COc1cccc2c1CCCC(c1ccc(Cl)cc1Cl)=C2c1ccc(CC2CN(CCCF)C2)cc1. The molecule has 0 unspecified atom stereocenters. The Labute approximate surface area is 223 Å². The minimum atomic E-state index is -0.225. The summed E-state index contributed by atoms with van der Waals surface area (Å²) in [5.41, 5.74) is 8.51. The number of allylic oxidation sites excluding steroid dienone is 1. The van der Waals surface area contributed by atoms with Gasteiger partial charge >= 0.3 is 0 Å². The zero-order chi connectivity index (χ0) is 25.1. The minimum Gasteiger partial charge on any atom is -0.496 e. The summed E-state index contributed by atoms with van der Waals surface area (Å²) in [6, 6.07) is 21.2. The Morgan fingerprint density at radius 2 is 1.78 bits per heavy atom. The zero-order valence-electron chi connectivity index (χ0n) is 20.7. The molecule has 36 heavy (non-hydrogen) atoms. The van der Waals surface area contributed by atoms with E-state index in [1.165, 1.54) is 33.4 Å². The van der Waals surface area contributed by atoms with Crippen LogP contribution in [0.2, 0.25) is 10.0 Å². The van der Waals surface area contributed by atoms with Gasteiger partial charge in [-0.05, 0) is 89.6 Å². The number of benzene rings is 3. The van der Waals surface area contributed by atoms with Gasteiger partial charge < -0.3 is 9.64 Å². The molecule has 0 bridgehead atoms. The topological polar surface area (TPSA) is 12.5 Å². The third kappa shape index (κ3) is 5.34. The Morgan fingerprint density at radius 3 is 2.50 bits per heavy atom. The molecule has 1 heterocycles. The lowest BCUT2D eigenvalue weighted by atomic mass is 9.86. The Hall–Kier alpha value is -2.33. The van der Waals surface area contributed by atoms with Crippen LogP contribution in [0.25, 0.3) is 11.1 Å². The smallest absolute Gasteiger partial charge is 0.122 e. The van der Waals surface area contributed by atoms with Crippen molar-refractivity contribution >= 4 is 34.3 Å². The van der Waals surface area contributed by atoms with Gasteiger partial charge in [0, 0.05) is 35.2 Å². The van der Waals surface area contributed by atoms with Crippen molar-refractivity contribution < 1.29 is 9.13 Å². The van der Waals surface area contributed by atoms with Crippen LogP contribution in [0.4, 0.5) is 4.39 Å². The molecule has 0 N–H and O–H groups in total. The van der Waals surface area contributed by atoms with E-state index in [0.29, 0.717) is 22.4 Å². The highest BCUT2D eigenvalue weighted by atomic mass is 35.5. The van der Waals surface area contributed by atoms with Crippen LogP contribution in [0.5, 0.6) is 5.75 Å². The fraction of sp³-hybridized carbons (Fsp3) is 0.355. The Kier molecular flexibility index (Phi) is 8.00. The number of methoxy groups -OCH3 is 1. The molecule has 0 saturated carbocycles. The minimum absolute atomic E-state index is 0.225. The molecule has 0 aromatic heterocycles. The maximum atomic E-state index is 12.4. The van der Waals surface area contributed by atoms with Gasteiger partial charge in [0.1, 0.15) is 5.75 Å². The van der Waals surface area contributed by atoms with Crippen LogP contribution < -0.4 is 4.74 Å². The van der Waals surface area contributed by atoms with Crippen molar-refractivity contribution in [2.24, 2.45) is 5.92 Å². The van der Waals surface area contributed by atoms with Gasteiger partial charge in [0.2, 0.25) is 0 Å². The first-order valence-electron chi connectivity index (χ1n) is 12.8. The van der Waals surface area contributed by atoms with Gasteiger partial charge in [-0.2, -0.15) is 0 Å². The fourth-order valence-electron chi connectivity index (χ4n) is 5.72. The molecule has 2 nitrogen and oxygen atoms in total. The van der Waals surface area contributed by atoms with Crippen LogP contribution in [0, 0.1) is 5.92 Å². The van der Waals surface area contributed by atoms with Crippen LogP contribution in [0.15, 0.2) is 60.7 Å². The van der Waals surface area contributed by atoms with E-state index in [1.807, 2.05) is 18.2 Å². The molecule has 1 aliphatic carbocycles. The number of alkyl halides is 1. The van der Waals surface area contributed by atoms with Crippen molar-refractivity contribution in [2.75, 3.05) is 33.4 Å². The summed E-state index contributed by atoms with van der Waals surface area (Å²) >= 11 is 13.0. The summed E-state index contributed by atoms with van der Waals surface area (Å²) in [6.07, 6.45) is 4.60. The normalized spacial score (nSPS) is 16.4. The van der Waals surface area contributed by atoms with Crippen molar-refractivity contribution in [1.82, 2.24) is 4.90 Å². The summed E-state index contributed by atoms with van der Waals surface area (Å²) in [5.74, 6) is 1.59. The van der Waals surface area contributed by atoms with E-state index < -0.39 is 0 Å². The Balaban J connectivity index is 1.51. The molecule has 3 aromatic rings. The lowest BCUT2D eigenvalue weighted by Gasteiger charge is -2.39. The van der Waals surface area contributed by atoms with E-state index in [1.54, 1.807) is 7.11 Å². The molecule has 0 radical (unpaired) electrons. The van der Waals surface area contributed by atoms with Crippen molar-refractivity contribution in [3.8, 4) is 5.75 Å². The Morgan fingerprint density at radius 1 is 0.972 bits per heavy atom. The number of rotatable bonds is 8. The third-order valence-corrected chi connectivity index (χ3v) is 7.99. The van der Waals surface area contributed by atoms with Gasteiger partial charge in [-0.1, -0.05) is 65.7 Å². The number of hydrogen-bond donors (Lipinski definition) is 0. The van der Waals surface area contributed by atoms with E-state index in [-0.39, 0.29) is 6.67 Å². The highest BCUT2D eigenvalue weighted by Crippen LogP contribution is 2.44. The Bertz CT molecular complexity index is 1250. The molecule has 1 aliphatic heterocycles. The van der Waals surface area contributed by atoms with E-state index >= 15 is 0 Å². The first-order chi connectivity index (χ1) is 17.6. The summed E-state index contributed by atoms with van der Waals surface area (Å²) in [4.78, 5) is 2.35. The molecule has 188 valence electrons. The lowest BCUT2D eigenvalue weighted by Crippen LogP contribution is -2.47. The van der Waals surface area contributed by atoms with Gasteiger partial charge in [0.05, 0.1) is 13.8 Å². The van der Waals surface area contributed by atoms with Crippen molar-refractivity contribution in [3.05, 3.63) is 98.5 Å². The molecule has 1 saturated heterocycles. The molecule has 5 heteroatoms. The summed E-state index contributed by atoms with van der Waals surface area (Å²) in [7, 11) is 1.74.